The highest BCUT2D eigenvalue weighted by Crippen LogP contribution is 2.47. The largest absolute Gasteiger partial charge is 0.344 e. The highest BCUT2D eigenvalue weighted by atomic mass is 16.1. The SMILES string of the molecule is CCN1/C(=C/C=C2\C=CC(=O)C(/C=C/C3=[N+](CC)c4ccccc4C3(C)C)=C2)C(C)(C)c2ccccc21. The van der Waals surface area contributed by atoms with E-state index >= 15 is 0 Å². The normalized spacial score (nSPS) is 21.8. The first-order chi connectivity index (χ1) is 17.7. The molecular formula is C34H37N2O+. The number of fused-ring (bicyclic) bond motifs is 2. The Kier molecular flexibility index (Phi) is 6.27. The maximum atomic E-state index is 12.8. The molecule has 0 radical (unpaired) electrons. The summed E-state index contributed by atoms with van der Waals surface area (Å²) in [6.07, 6.45) is 14.1. The standard InChI is InChI=1S/C34H37N2O/c1-7-35-28-15-11-9-13-26(28)33(3,4)31(35)21-18-24-17-20-30(37)25(23-24)19-22-32-34(5,6)27-14-10-12-16-29(27)36(32)8-2/h9-23H,7-8H2,1-6H3/q+1. The average molecular weight is 490 g/mol. The van der Waals surface area contributed by atoms with Gasteiger partial charge in [0, 0.05) is 46.6 Å². The molecule has 2 aromatic carbocycles. The van der Waals surface area contributed by atoms with E-state index in [9.17, 15) is 4.79 Å². The third kappa shape index (κ3) is 4.07. The zero-order valence-electron chi connectivity index (χ0n) is 22.9. The van der Waals surface area contributed by atoms with Crippen LogP contribution in [0.3, 0.4) is 0 Å². The Hall–Kier alpha value is -3.72. The smallest absolute Gasteiger partial charge is 0.209 e. The van der Waals surface area contributed by atoms with Crippen LogP contribution in [0.5, 0.6) is 0 Å². The van der Waals surface area contributed by atoms with E-state index in [2.05, 4.69) is 118 Å². The number of likely N-dealkylation sites (N-methyl/N-ethyl adjacent to an activating group) is 1. The van der Waals surface area contributed by atoms with Crippen molar-refractivity contribution in [3.63, 3.8) is 0 Å². The Balaban J connectivity index is 1.48. The zero-order chi connectivity index (χ0) is 26.4. The molecule has 3 aliphatic rings. The quantitative estimate of drug-likeness (QED) is 0.410. The maximum absolute atomic E-state index is 12.8. The fraction of sp³-hybridized carbons (Fsp3) is 0.294. The maximum Gasteiger partial charge on any atom is 0.209 e. The molecule has 0 atom stereocenters. The fourth-order valence-corrected chi connectivity index (χ4v) is 6.11. The van der Waals surface area contributed by atoms with E-state index in [-0.39, 0.29) is 16.6 Å². The van der Waals surface area contributed by atoms with E-state index in [0.29, 0.717) is 5.57 Å². The van der Waals surface area contributed by atoms with Gasteiger partial charge in [-0.1, -0.05) is 62.4 Å². The molecule has 1 aliphatic carbocycles. The minimum atomic E-state index is -0.118. The van der Waals surface area contributed by atoms with Crippen LogP contribution in [-0.4, -0.2) is 29.2 Å². The summed E-state index contributed by atoms with van der Waals surface area (Å²) in [7, 11) is 0. The fourth-order valence-electron chi connectivity index (χ4n) is 6.11. The van der Waals surface area contributed by atoms with Crippen LogP contribution in [0.4, 0.5) is 11.4 Å². The summed E-state index contributed by atoms with van der Waals surface area (Å²) < 4.78 is 2.36. The highest BCUT2D eigenvalue weighted by Gasteiger charge is 2.43. The molecule has 0 aromatic heterocycles. The molecule has 0 amide bonds. The molecule has 0 fully saturated rings. The van der Waals surface area contributed by atoms with Gasteiger partial charge in [-0.25, -0.2) is 0 Å². The molecule has 37 heavy (non-hydrogen) atoms. The van der Waals surface area contributed by atoms with Crippen LogP contribution in [0.15, 0.2) is 108 Å². The molecule has 0 spiro atoms. The van der Waals surface area contributed by atoms with Gasteiger partial charge in [0.15, 0.2) is 11.5 Å². The number of ketones is 1. The molecule has 2 aliphatic heterocycles. The topological polar surface area (TPSA) is 23.3 Å². The van der Waals surface area contributed by atoms with Crippen LogP contribution in [-0.2, 0) is 15.6 Å². The molecular weight excluding hydrogens is 452 g/mol. The number of nitrogens with zero attached hydrogens (tertiary/aromatic N) is 2. The van der Waals surface area contributed by atoms with Crippen molar-refractivity contribution >= 4 is 22.9 Å². The van der Waals surface area contributed by atoms with Crippen molar-refractivity contribution in [2.45, 2.75) is 52.4 Å². The lowest BCUT2D eigenvalue weighted by Crippen LogP contribution is -2.27. The van der Waals surface area contributed by atoms with Gasteiger partial charge in [0.1, 0.15) is 6.54 Å². The van der Waals surface area contributed by atoms with Crippen LogP contribution in [0, 0.1) is 0 Å². The molecule has 0 saturated carbocycles. The molecule has 188 valence electrons. The van der Waals surface area contributed by atoms with Gasteiger partial charge in [0.05, 0.1) is 5.41 Å². The first-order valence-electron chi connectivity index (χ1n) is 13.4. The molecule has 3 heteroatoms. The Morgan fingerprint density at radius 1 is 0.838 bits per heavy atom. The minimum Gasteiger partial charge on any atom is -0.344 e. The number of anilines is 1. The number of hydrogen-bond acceptors (Lipinski definition) is 2. The third-order valence-corrected chi connectivity index (χ3v) is 8.12. The van der Waals surface area contributed by atoms with E-state index in [1.54, 1.807) is 6.08 Å². The summed E-state index contributed by atoms with van der Waals surface area (Å²) in [5.41, 5.74) is 9.26. The summed E-state index contributed by atoms with van der Waals surface area (Å²) in [6.45, 7) is 15.3. The Morgan fingerprint density at radius 2 is 1.54 bits per heavy atom. The molecule has 0 saturated heterocycles. The molecule has 0 N–H and O–H groups in total. The van der Waals surface area contributed by atoms with Crippen LogP contribution >= 0.6 is 0 Å². The van der Waals surface area contributed by atoms with Gasteiger partial charge >= 0.3 is 0 Å². The second kappa shape index (κ2) is 9.30. The summed E-state index contributed by atoms with van der Waals surface area (Å²) in [6, 6.07) is 17.3. The van der Waals surface area contributed by atoms with E-state index < -0.39 is 0 Å². The lowest BCUT2D eigenvalue weighted by molar-refractivity contribution is -0.433. The van der Waals surface area contributed by atoms with E-state index in [1.807, 2.05) is 18.2 Å². The molecule has 0 unspecified atom stereocenters. The van der Waals surface area contributed by atoms with Crippen molar-refractivity contribution in [1.82, 2.24) is 0 Å². The van der Waals surface area contributed by atoms with Gasteiger partial charge < -0.3 is 4.90 Å². The summed E-state index contributed by atoms with van der Waals surface area (Å²) >= 11 is 0. The second-order valence-corrected chi connectivity index (χ2v) is 11.0. The number of para-hydroxylation sites is 2. The Labute approximate surface area is 221 Å². The summed E-state index contributed by atoms with van der Waals surface area (Å²) in [4.78, 5) is 15.2. The van der Waals surface area contributed by atoms with Gasteiger partial charge in [-0.05, 0) is 69.2 Å². The van der Waals surface area contributed by atoms with Gasteiger partial charge in [-0.15, -0.1) is 0 Å². The predicted molar refractivity (Wildman–Crippen MR) is 155 cm³/mol. The van der Waals surface area contributed by atoms with E-state index in [0.717, 1.165) is 18.7 Å². The molecule has 3 nitrogen and oxygen atoms in total. The number of allylic oxidation sites excluding steroid dienone is 10. The molecule has 2 heterocycles. The van der Waals surface area contributed by atoms with Crippen LogP contribution in [0.25, 0.3) is 0 Å². The van der Waals surface area contributed by atoms with Gasteiger partial charge in [0.2, 0.25) is 5.69 Å². The lowest BCUT2D eigenvalue weighted by atomic mass is 9.81. The van der Waals surface area contributed by atoms with Crippen molar-refractivity contribution in [3.05, 3.63) is 119 Å². The van der Waals surface area contributed by atoms with Gasteiger partial charge in [-0.3, -0.25) is 4.79 Å². The molecule has 2 aromatic rings. The van der Waals surface area contributed by atoms with Gasteiger partial charge in [0.25, 0.3) is 0 Å². The van der Waals surface area contributed by atoms with Crippen molar-refractivity contribution in [1.29, 1.82) is 0 Å². The summed E-state index contributed by atoms with van der Waals surface area (Å²) in [5.74, 6) is 0.0433. The second-order valence-electron chi connectivity index (χ2n) is 11.0. The number of hydrogen-bond donors (Lipinski definition) is 0. The molecule has 0 bridgehead atoms. The first-order valence-corrected chi connectivity index (χ1v) is 13.4. The zero-order valence-corrected chi connectivity index (χ0v) is 22.9. The molecule has 5 rings (SSSR count). The predicted octanol–water partition coefficient (Wildman–Crippen LogP) is 7.33. The lowest BCUT2D eigenvalue weighted by Gasteiger charge is -2.26. The number of rotatable bonds is 5. The number of carbonyl (C=O) groups excluding carboxylic acids is 1. The van der Waals surface area contributed by atoms with Crippen molar-refractivity contribution in [3.8, 4) is 0 Å². The highest BCUT2D eigenvalue weighted by molar-refractivity contribution is 6.10. The van der Waals surface area contributed by atoms with Crippen molar-refractivity contribution in [2.75, 3.05) is 18.0 Å². The van der Waals surface area contributed by atoms with E-state index in [4.69, 9.17) is 0 Å². The van der Waals surface area contributed by atoms with Gasteiger partial charge in [-0.2, -0.15) is 4.58 Å². The number of benzene rings is 2. The summed E-state index contributed by atoms with van der Waals surface area (Å²) in [5, 5.41) is 0. The minimum absolute atomic E-state index is 0.0433. The Morgan fingerprint density at radius 3 is 2.27 bits per heavy atom. The Bertz CT molecular complexity index is 1460. The van der Waals surface area contributed by atoms with Crippen LogP contribution in [0.1, 0.15) is 52.7 Å². The first kappa shape index (κ1) is 25.0. The monoisotopic (exact) mass is 489 g/mol. The van der Waals surface area contributed by atoms with Crippen LogP contribution in [0.2, 0.25) is 0 Å². The van der Waals surface area contributed by atoms with Crippen molar-refractivity contribution in [2.24, 2.45) is 0 Å². The number of carbonyl (C=O) groups is 1. The average Bonchev–Trinajstić information content (AvgIpc) is 3.25. The van der Waals surface area contributed by atoms with Crippen LogP contribution < -0.4 is 4.90 Å². The van der Waals surface area contributed by atoms with Crippen molar-refractivity contribution < 1.29 is 9.37 Å². The third-order valence-electron chi connectivity index (χ3n) is 8.12. The van der Waals surface area contributed by atoms with E-state index in [1.165, 1.54) is 33.9 Å².